The van der Waals surface area contributed by atoms with Gasteiger partial charge in [0.2, 0.25) is 0 Å². The van der Waals surface area contributed by atoms with Gasteiger partial charge in [0, 0.05) is 24.8 Å². The van der Waals surface area contributed by atoms with Gasteiger partial charge in [-0.25, -0.2) is 4.98 Å². The molecule has 3 rings (SSSR count). The van der Waals surface area contributed by atoms with Crippen molar-refractivity contribution in [1.82, 2.24) is 4.98 Å². The predicted octanol–water partition coefficient (Wildman–Crippen LogP) is 4.09. The van der Waals surface area contributed by atoms with E-state index in [0.29, 0.717) is 25.4 Å². The minimum absolute atomic E-state index is 0.0634. The Morgan fingerprint density at radius 3 is 2.54 bits per heavy atom. The molecule has 0 N–H and O–H groups in total. The average Bonchev–Trinajstić information content (AvgIpc) is 3.12. The molecule has 0 radical (unpaired) electrons. The van der Waals surface area contributed by atoms with E-state index in [1.54, 1.807) is 17.0 Å². The zero-order valence-corrected chi connectivity index (χ0v) is 14.3. The van der Waals surface area contributed by atoms with Crippen LogP contribution in [-0.4, -0.2) is 30.6 Å². The third kappa shape index (κ3) is 4.04. The van der Waals surface area contributed by atoms with Gasteiger partial charge in [-0.3, -0.25) is 4.79 Å². The molecule has 1 aromatic heterocycles. The number of ether oxygens (including phenoxy) is 1. The molecule has 2 aromatic rings. The molecule has 0 saturated carbocycles. The van der Waals surface area contributed by atoms with Gasteiger partial charge in [-0.1, -0.05) is 18.2 Å². The number of anilines is 1. The first-order valence-corrected chi connectivity index (χ1v) is 8.36. The second kappa shape index (κ2) is 7.45. The summed E-state index contributed by atoms with van der Waals surface area (Å²) >= 11 is 0. The normalized spacial score (nSPS) is 17.3. The van der Waals surface area contributed by atoms with Crippen LogP contribution in [0.25, 0.3) is 0 Å². The van der Waals surface area contributed by atoms with Crippen LogP contribution < -0.4 is 4.90 Å². The van der Waals surface area contributed by atoms with Crippen molar-refractivity contribution < 1.29 is 22.7 Å². The summed E-state index contributed by atoms with van der Waals surface area (Å²) in [6, 6.07) is 11.1. The van der Waals surface area contributed by atoms with Gasteiger partial charge in [0.25, 0.3) is 5.91 Å². The van der Waals surface area contributed by atoms with Gasteiger partial charge in [-0.15, -0.1) is 0 Å². The Hall–Kier alpha value is -2.41. The van der Waals surface area contributed by atoms with E-state index in [9.17, 15) is 18.0 Å². The molecule has 1 unspecified atom stereocenters. The Bertz CT molecular complexity index is 772. The largest absolute Gasteiger partial charge is 0.433 e. The van der Waals surface area contributed by atoms with E-state index in [-0.39, 0.29) is 23.1 Å². The van der Waals surface area contributed by atoms with Crippen molar-refractivity contribution >= 4 is 11.6 Å². The number of carbonyl (C=O) groups excluding carboxylic acids is 1. The molecule has 1 amide bonds. The number of hydrogen-bond acceptors (Lipinski definition) is 3. The highest BCUT2D eigenvalue weighted by molar-refractivity contribution is 6.06. The second-order valence-electron chi connectivity index (χ2n) is 6.31. The van der Waals surface area contributed by atoms with Gasteiger partial charge in [-0.2, -0.15) is 13.2 Å². The summed E-state index contributed by atoms with van der Waals surface area (Å²) in [6.45, 7) is 3.09. The van der Waals surface area contributed by atoms with Gasteiger partial charge >= 0.3 is 6.18 Å². The zero-order chi connectivity index (χ0) is 18.7. The molecule has 7 heteroatoms. The number of halogens is 3. The monoisotopic (exact) mass is 364 g/mol. The summed E-state index contributed by atoms with van der Waals surface area (Å²) in [5.41, 5.74) is -0.0695. The van der Waals surface area contributed by atoms with E-state index in [0.717, 1.165) is 12.5 Å². The summed E-state index contributed by atoms with van der Waals surface area (Å²) < 4.78 is 43.8. The van der Waals surface area contributed by atoms with Crippen LogP contribution in [-0.2, 0) is 10.9 Å². The minimum atomic E-state index is -4.54. The smallest absolute Gasteiger partial charge is 0.381 e. The lowest BCUT2D eigenvalue weighted by atomic mass is 10.1. The number of carbonyl (C=O) groups is 1. The molecule has 1 aliphatic rings. The van der Waals surface area contributed by atoms with Crippen LogP contribution in [0.2, 0.25) is 0 Å². The number of alkyl halides is 3. The number of aryl methyl sites for hydroxylation is 1. The number of pyridine rings is 1. The first kappa shape index (κ1) is 18.4. The molecule has 0 aliphatic carbocycles. The van der Waals surface area contributed by atoms with Crippen LogP contribution in [0.3, 0.4) is 0 Å². The number of benzene rings is 1. The quantitative estimate of drug-likeness (QED) is 0.821. The van der Waals surface area contributed by atoms with Crippen molar-refractivity contribution in [1.29, 1.82) is 0 Å². The molecule has 26 heavy (non-hydrogen) atoms. The fourth-order valence-corrected chi connectivity index (χ4v) is 2.99. The predicted molar refractivity (Wildman–Crippen MR) is 91.0 cm³/mol. The summed E-state index contributed by atoms with van der Waals surface area (Å²) in [5, 5.41) is 0. The Labute approximate surface area is 149 Å². The SMILES string of the molecule is Cc1nc(C(F)(F)F)ccc1C(=O)N(CC1CCOC1)c1ccccc1. The van der Waals surface area contributed by atoms with E-state index in [1.165, 1.54) is 13.0 Å². The fraction of sp³-hybridized carbons (Fsp3) is 0.368. The Kier molecular flexibility index (Phi) is 5.27. The maximum Gasteiger partial charge on any atom is 0.433 e. The first-order valence-electron chi connectivity index (χ1n) is 8.36. The first-order chi connectivity index (χ1) is 12.4. The van der Waals surface area contributed by atoms with Gasteiger partial charge in [-0.05, 0) is 37.6 Å². The van der Waals surface area contributed by atoms with Crippen molar-refractivity contribution in [3.63, 3.8) is 0 Å². The van der Waals surface area contributed by atoms with E-state index >= 15 is 0 Å². The molecule has 2 heterocycles. The maximum atomic E-state index is 13.1. The Morgan fingerprint density at radius 1 is 1.23 bits per heavy atom. The fourth-order valence-electron chi connectivity index (χ4n) is 2.99. The van der Waals surface area contributed by atoms with Crippen molar-refractivity contribution in [3.05, 3.63) is 59.4 Å². The molecule has 4 nitrogen and oxygen atoms in total. The Morgan fingerprint density at radius 2 is 1.96 bits per heavy atom. The van der Waals surface area contributed by atoms with Crippen molar-refractivity contribution in [2.45, 2.75) is 19.5 Å². The third-order valence-corrected chi connectivity index (χ3v) is 4.38. The van der Waals surface area contributed by atoms with Crippen molar-refractivity contribution in [2.75, 3.05) is 24.7 Å². The molecule has 1 aliphatic heterocycles. The number of aromatic nitrogens is 1. The summed E-state index contributed by atoms with van der Waals surface area (Å²) in [5.74, 6) is -0.163. The van der Waals surface area contributed by atoms with Gasteiger partial charge < -0.3 is 9.64 Å². The number of hydrogen-bond donors (Lipinski definition) is 0. The molecule has 138 valence electrons. The number of nitrogens with zero attached hydrogens (tertiary/aromatic N) is 2. The average molecular weight is 364 g/mol. The molecule has 1 fully saturated rings. The van der Waals surface area contributed by atoms with Gasteiger partial charge in [0.05, 0.1) is 17.9 Å². The standard InChI is InChI=1S/C19H19F3N2O2/c1-13-16(7-8-17(23-13)19(20,21)22)18(25)24(11-14-9-10-26-12-14)15-5-3-2-4-6-15/h2-8,14H,9-12H2,1H3. The molecule has 1 atom stereocenters. The minimum Gasteiger partial charge on any atom is -0.381 e. The highest BCUT2D eigenvalue weighted by Crippen LogP contribution is 2.29. The van der Waals surface area contributed by atoms with Crippen LogP contribution in [0.15, 0.2) is 42.5 Å². The second-order valence-corrected chi connectivity index (χ2v) is 6.31. The van der Waals surface area contributed by atoms with Crippen molar-refractivity contribution in [3.8, 4) is 0 Å². The lowest BCUT2D eigenvalue weighted by Gasteiger charge is -2.26. The number of para-hydroxylation sites is 1. The van der Waals surface area contributed by atoms with E-state index < -0.39 is 11.9 Å². The highest BCUT2D eigenvalue weighted by Gasteiger charge is 2.33. The van der Waals surface area contributed by atoms with Gasteiger partial charge in [0.15, 0.2) is 0 Å². The van der Waals surface area contributed by atoms with E-state index in [1.807, 2.05) is 18.2 Å². The molecule has 1 aromatic carbocycles. The van der Waals surface area contributed by atoms with Crippen LogP contribution in [0, 0.1) is 12.8 Å². The molecular weight excluding hydrogens is 345 g/mol. The van der Waals surface area contributed by atoms with Crippen LogP contribution in [0.1, 0.15) is 28.2 Å². The molecular formula is C19H19F3N2O2. The molecule has 0 bridgehead atoms. The van der Waals surface area contributed by atoms with E-state index in [2.05, 4.69) is 4.98 Å². The summed E-state index contributed by atoms with van der Waals surface area (Å²) in [4.78, 5) is 18.2. The number of amides is 1. The third-order valence-electron chi connectivity index (χ3n) is 4.38. The summed E-state index contributed by atoms with van der Waals surface area (Å²) in [6.07, 6.45) is -3.69. The maximum absolute atomic E-state index is 13.1. The zero-order valence-electron chi connectivity index (χ0n) is 14.3. The van der Waals surface area contributed by atoms with E-state index in [4.69, 9.17) is 4.74 Å². The van der Waals surface area contributed by atoms with Gasteiger partial charge in [0.1, 0.15) is 5.69 Å². The number of rotatable bonds is 4. The molecule has 1 saturated heterocycles. The highest BCUT2D eigenvalue weighted by atomic mass is 19.4. The topological polar surface area (TPSA) is 42.4 Å². The summed E-state index contributed by atoms with van der Waals surface area (Å²) in [7, 11) is 0. The lowest BCUT2D eigenvalue weighted by Crippen LogP contribution is -2.36. The Balaban J connectivity index is 1.92. The van der Waals surface area contributed by atoms with Crippen LogP contribution in [0.4, 0.5) is 18.9 Å². The van der Waals surface area contributed by atoms with Crippen LogP contribution in [0.5, 0.6) is 0 Å². The molecule has 0 spiro atoms. The lowest BCUT2D eigenvalue weighted by molar-refractivity contribution is -0.141. The van der Waals surface area contributed by atoms with Crippen LogP contribution >= 0.6 is 0 Å². The van der Waals surface area contributed by atoms with Crippen molar-refractivity contribution in [2.24, 2.45) is 5.92 Å².